The third kappa shape index (κ3) is 3.71. The lowest BCUT2D eigenvalue weighted by Crippen LogP contribution is -2.40. The summed E-state index contributed by atoms with van der Waals surface area (Å²) in [7, 11) is 0. The van der Waals surface area contributed by atoms with Crippen molar-refractivity contribution < 1.29 is 14.7 Å². The van der Waals surface area contributed by atoms with E-state index in [1.807, 2.05) is 11.0 Å². The van der Waals surface area contributed by atoms with Gasteiger partial charge in [0.05, 0.1) is 0 Å². The Kier molecular flexibility index (Phi) is 4.79. The number of amides is 1. The van der Waals surface area contributed by atoms with Crippen molar-refractivity contribution in [1.29, 1.82) is 0 Å². The lowest BCUT2D eigenvalue weighted by molar-refractivity contribution is -0.131. The summed E-state index contributed by atoms with van der Waals surface area (Å²) in [6, 6.07) is 6.60. The van der Waals surface area contributed by atoms with Crippen LogP contribution in [0.1, 0.15) is 58.6 Å². The van der Waals surface area contributed by atoms with Crippen molar-refractivity contribution in [2.24, 2.45) is 5.92 Å². The first-order chi connectivity index (χ1) is 12.5. The van der Waals surface area contributed by atoms with Gasteiger partial charge in [0.2, 0.25) is 5.91 Å². The monoisotopic (exact) mass is 367 g/mol. The van der Waals surface area contributed by atoms with Crippen molar-refractivity contribution >= 4 is 17.6 Å². The number of rotatable bonds is 4. The zero-order valence-electron chi connectivity index (χ0n) is 16.9. The van der Waals surface area contributed by atoms with E-state index in [4.69, 9.17) is 5.11 Å². The minimum Gasteiger partial charge on any atom is -0.478 e. The number of allylic oxidation sites excluding steroid dienone is 3. The molecule has 1 heterocycles. The van der Waals surface area contributed by atoms with E-state index in [2.05, 4.69) is 45.0 Å². The van der Waals surface area contributed by atoms with Crippen molar-refractivity contribution in [3.05, 3.63) is 53.1 Å². The normalized spacial score (nSPS) is 26.8. The molecule has 1 aromatic rings. The highest BCUT2D eigenvalue weighted by molar-refractivity contribution is 5.93. The van der Waals surface area contributed by atoms with Gasteiger partial charge in [-0.15, -0.1) is 0 Å². The summed E-state index contributed by atoms with van der Waals surface area (Å²) in [6.45, 7) is 10.9. The maximum Gasteiger partial charge on any atom is 0.328 e. The van der Waals surface area contributed by atoms with Crippen molar-refractivity contribution in [2.75, 3.05) is 11.4 Å². The van der Waals surface area contributed by atoms with Crippen molar-refractivity contribution in [3.8, 4) is 0 Å². The quantitative estimate of drug-likeness (QED) is 0.626. The van der Waals surface area contributed by atoms with Gasteiger partial charge in [-0.05, 0) is 59.3 Å². The molecule has 4 nitrogen and oxygen atoms in total. The van der Waals surface area contributed by atoms with Crippen LogP contribution in [0.15, 0.2) is 42.0 Å². The van der Waals surface area contributed by atoms with Gasteiger partial charge in [-0.3, -0.25) is 4.79 Å². The molecule has 2 atom stereocenters. The predicted molar refractivity (Wildman–Crippen MR) is 108 cm³/mol. The molecule has 0 saturated heterocycles. The number of fused-ring (bicyclic) bond motifs is 1. The van der Waals surface area contributed by atoms with Gasteiger partial charge in [-0.1, -0.05) is 45.1 Å². The van der Waals surface area contributed by atoms with E-state index in [0.717, 1.165) is 30.6 Å². The average Bonchev–Trinajstić information content (AvgIpc) is 3.23. The second-order valence-corrected chi connectivity index (χ2v) is 8.85. The predicted octanol–water partition coefficient (Wildman–Crippen LogP) is 4.59. The van der Waals surface area contributed by atoms with E-state index in [1.165, 1.54) is 17.2 Å². The van der Waals surface area contributed by atoms with Crippen LogP contribution in [0.4, 0.5) is 5.69 Å². The summed E-state index contributed by atoms with van der Waals surface area (Å²) >= 11 is 0. The van der Waals surface area contributed by atoms with Gasteiger partial charge in [-0.2, -0.15) is 0 Å². The fourth-order valence-corrected chi connectivity index (χ4v) is 4.18. The zero-order chi connectivity index (χ0) is 20.0. The molecule has 1 aliphatic heterocycles. The van der Waals surface area contributed by atoms with Crippen LogP contribution in [-0.2, 0) is 20.4 Å². The van der Waals surface area contributed by atoms with Crippen LogP contribution >= 0.6 is 0 Å². The molecule has 0 radical (unpaired) electrons. The molecule has 0 aromatic heterocycles. The van der Waals surface area contributed by atoms with Crippen molar-refractivity contribution in [3.63, 3.8) is 0 Å². The average molecular weight is 367 g/mol. The van der Waals surface area contributed by atoms with E-state index >= 15 is 0 Å². The standard InChI is InChI=1S/C23H29NO3/c1-15(12-21(26)27)6-7-18-14-23(18,5)17-8-9-19-20(13-17)24(16(2)25)11-10-22(19,3)4/h6-9,12-13,18H,10-11,14H2,1-5H3,(H,26,27)/b7-6+,15-12+/t18-,23-/m1/s1. The Morgan fingerprint density at radius 3 is 2.56 bits per heavy atom. The van der Waals surface area contributed by atoms with E-state index in [9.17, 15) is 9.59 Å². The topological polar surface area (TPSA) is 57.6 Å². The first kappa shape index (κ1) is 19.4. The Morgan fingerprint density at radius 1 is 1.22 bits per heavy atom. The Morgan fingerprint density at radius 2 is 1.93 bits per heavy atom. The number of hydrogen-bond acceptors (Lipinski definition) is 2. The van der Waals surface area contributed by atoms with Gasteiger partial charge >= 0.3 is 5.97 Å². The van der Waals surface area contributed by atoms with E-state index in [0.29, 0.717) is 5.92 Å². The summed E-state index contributed by atoms with van der Waals surface area (Å²) in [5, 5.41) is 8.83. The molecule has 27 heavy (non-hydrogen) atoms. The van der Waals surface area contributed by atoms with Crippen molar-refractivity contribution in [1.82, 2.24) is 0 Å². The molecule has 2 aliphatic rings. The molecule has 1 aliphatic carbocycles. The molecule has 1 saturated carbocycles. The van der Waals surface area contributed by atoms with Crippen molar-refractivity contribution in [2.45, 2.75) is 58.3 Å². The highest BCUT2D eigenvalue weighted by Crippen LogP contribution is 2.56. The minimum atomic E-state index is -0.919. The zero-order valence-corrected chi connectivity index (χ0v) is 16.9. The summed E-state index contributed by atoms with van der Waals surface area (Å²) < 4.78 is 0. The number of carboxylic acid groups (broad SMARTS) is 1. The fraction of sp³-hybridized carbons (Fsp3) is 0.478. The first-order valence-corrected chi connectivity index (χ1v) is 9.57. The summed E-state index contributed by atoms with van der Waals surface area (Å²) in [4.78, 5) is 24.8. The maximum absolute atomic E-state index is 12.1. The summed E-state index contributed by atoms with van der Waals surface area (Å²) in [6.07, 6.45) is 7.24. The lowest BCUT2D eigenvalue weighted by Gasteiger charge is -2.39. The Balaban J connectivity index is 1.89. The molecule has 1 N–H and O–H groups in total. The number of carbonyl (C=O) groups is 2. The Hall–Kier alpha value is -2.36. The number of nitrogens with zero attached hydrogens (tertiary/aromatic N) is 1. The van der Waals surface area contributed by atoms with Crippen LogP contribution in [0.3, 0.4) is 0 Å². The number of anilines is 1. The molecular weight excluding hydrogens is 338 g/mol. The highest BCUT2D eigenvalue weighted by atomic mass is 16.4. The summed E-state index contributed by atoms with van der Waals surface area (Å²) in [5.74, 6) is -0.442. The van der Waals surface area contributed by atoms with Gasteiger partial charge < -0.3 is 10.0 Å². The van der Waals surface area contributed by atoms with E-state index in [1.54, 1.807) is 13.8 Å². The van der Waals surface area contributed by atoms with E-state index < -0.39 is 5.97 Å². The fourth-order valence-electron chi connectivity index (χ4n) is 4.18. The van der Waals surface area contributed by atoms with E-state index in [-0.39, 0.29) is 16.7 Å². The van der Waals surface area contributed by atoms with Gasteiger partial charge in [0, 0.05) is 25.2 Å². The van der Waals surface area contributed by atoms with Crippen LogP contribution in [-0.4, -0.2) is 23.5 Å². The van der Waals surface area contributed by atoms with Crippen LogP contribution in [0.25, 0.3) is 0 Å². The number of carboxylic acids is 1. The van der Waals surface area contributed by atoms with Gasteiger partial charge in [0.1, 0.15) is 0 Å². The molecule has 3 rings (SSSR count). The van der Waals surface area contributed by atoms with Crippen LogP contribution in [0, 0.1) is 5.92 Å². The molecule has 1 aromatic carbocycles. The number of benzene rings is 1. The van der Waals surface area contributed by atoms with Gasteiger partial charge in [-0.25, -0.2) is 4.79 Å². The molecule has 1 fully saturated rings. The Bertz CT molecular complexity index is 849. The molecule has 4 heteroatoms. The van der Waals surface area contributed by atoms with Crippen LogP contribution in [0.5, 0.6) is 0 Å². The van der Waals surface area contributed by atoms with Gasteiger partial charge in [0.15, 0.2) is 0 Å². The van der Waals surface area contributed by atoms with Crippen LogP contribution in [0.2, 0.25) is 0 Å². The molecule has 0 bridgehead atoms. The second kappa shape index (κ2) is 6.66. The second-order valence-electron chi connectivity index (χ2n) is 8.85. The first-order valence-electron chi connectivity index (χ1n) is 9.57. The SMILES string of the molecule is CC(=O)N1CCC(C)(C)c2ccc([C@@]3(C)C[C@H]3/C=C/C(C)=C/C(=O)O)cc21. The third-order valence-corrected chi connectivity index (χ3v) is 6.26. The number of hydrogen-bond donors (Lipinski definition) is 1. The summed E-state index contributed by atoms with van der Waals surface area (Å²) in [5.41, 5.74) is 4.39. The largest absolute Gasteiger partial charge is 0.478 e. The Labute approximate surface area is 161 Å². The molecule has 1 amide bonds. The van der Waals surface area contributed by atoms with Crippen LogP contribution < -0.4 is 4.90 Å². The smallest absolute Gasteiger partial charge is 0.328 e. The lowest BCUT2D eigenvalue weighted by atomic mass is 9.76. The highest BCUT2D eigenvalue weighted by Gasteiger charge is 2.50. The molecule has 0 unspecified atom stereocenters. The molecular formula is C23H29NO3. The van der Waals surface area contributed by atoms with Gasteiger partial charge in [0.25, 0.3) is 0 Å². The number of carbonyl (C=O) groups excluding carboxylic acids is 1. The number of aliphatic carboxylic acids is 1. The molecule has 0 spiro atoms. The maximum atomic E-state index is 12.1. The third-order valence-electron chi connectivity index (χ3n) is 6.26. The minimum absolute atomic E-state index is 0.0408. The molecule has 144 valence electrons.